The lowest BCUT2D eigenvalue weighted by Gasteiger charge is -2.31. The van der Waals surface area contributed by atoms with E-state index in [1.807, 2.05) is 60.7 Å². The molecule has 0 radical (unpaired) electrons. The summed E-state index contributed by atoms with van der Waals surface area (Å²) in [5.74, 6) is -1.06. The number of carbonyl (C=O) groups excluding carboxylic acids is 4. The normalized spacial score (nSPS) is 14.5. The molecule has 1 aromatic heterocycles. The summed E-state index contributed by atoms with van der Waals surface area (Å²) in [6.07, 6.45) is 4.32. The summed E-state index contributed by atoms with van der Waals surface area (Å²) in [7, 11) is 0. The van der Waals surface area contributed by atoms with Crippen LogP contribution in [-0.4, -0.2) is 70.7 Å². The van der Waals surface area contributed by atoms with Gasteiger partial charge in [0.2, 0.25) is 17.8 Å². The molecular weight excluding hydrogens is 684 g/mol. The SMILES string of the molecule is CC(C)(C)OC(=O)CC[C@@H](NC(=O)OCC1c2ccccc2-c2ccccc21)C(=O)NC1(C(=O)NCCCCNc2ncccn2)Cc2ccccc2C1. The summed E-state index contributed by atoms with van der Waals surface area (Å²) in [5, 5.41) is 11.9. The smallest absolute Gasteiger partial charge is 0.407 e. The molecule has 0 aliphatic heterocycles. The molecule has 54 heavy (non-hydrogen) atoms. The fourth-order valence-electron chi connectivity index (χ4n) is 7.16. The van der Waals surface area contributed by atoms with Gasteiger partial charge in [-0.15, -0.1) is 0 Å². The Morgan fingerprint density at radius 3 is 2.04 bits per heavy atom. The van der Waals surface area contributed by atoms with Gasteiger partial charge in [0.15, 0.2) is 0 Å². The minimum atomic E-state index is -1.30. The maximum absolute atomic E-state index is 14.2. The number of carbonyl (C=O) groups is 4. The van der Waals surface area contributed by atoms with Gasteiger partial charge in [0.1, 0.15) is 23.8 Å². The Hall–Kier alpha value is -5.78. The van der Waals surface area contributed by atoms with Crippen molar-refractivity contribution in [2.24, 2.45) is 0 Å². The van der Waals surface area contributed by atoms with Crippen molar-refractivity contribution < 1.29 is 28.7 Å². The highest BCUT2D eigenvalue weighted by Crippen LogP contribution is 2.44. The number of anilines is 1. The van der Waals surface area contributed by atoms with Gasteiger partial charge < -0.3 is 30.7 Å². The number of nitrogens with one attached hydrogen (secondary N) is 4. The minimum absolute atomic E-state index is 0.0514. The van der Waals surface area contributed by atoms with E-state index in [1.54, 1.807) is 39.2 Å². The van der Waals surface area contributed by atoms with Crippen molar-refractivity contribution in [2.45, 2.75) is 82.4 Å². The molecule has 2 aliphatic rings. The average molecular weight is 733 g/mol. The van der Waals surface area contributed by atoms with Crippen LogP contribution in [0.5, 0.6) is 0 Å². The van der Waals surface area contributed by atoms with Crippen LogP contribution in [0.3, 0.4) is 0 Å². The molecule has 1 atom stereocenters. The number of amides is 3. The molecule has 6 rings (SSSR count). The molecule has 0 spiro atoms. The highest BCUT2D eigenvalue weighted by molar-refractivity contribution is 5.95. The number of hydrogen-bond acceptors (Lipinski definition) is 9. The summed E-state index contributed by atoms with van der Waals surface area (Å²) < 4.78 is 11.3. The van der Waals surface area contributed by atoms with Gasteiger partial charge in [-0.05, 0) is 79.5 Å². The number of aromatic nitrogens is 2. The van der Waals surface area contributed by atoms with Crippen LogP contribution >= 0.6 is 0 Å². The second-order valence-electron chi connectivity index (χ2n) is 14.8. The van der Waals surface area contributed by atoms with Gasteiger partial charge in [-0.1, -0.05) is 72.8 Å². The Bertz CT molecular complexity index is 1890. The van der Waals surface area contributed by atoms with E-state index in [2.05, 4.69) is 43.4 Å². The number of hydrogen-bond donors (Lipinski definition) is 4. The lowest BCUT2D eigenvalue weighted by molar-refractivity contribution is -0.155. The minimum Gasteiger partial charge on any atom is -0.460 e. The quantitative estimate of drug-likeness (QED) is 0.0919. The monoisotopic (exact) mass is 732 g/mol. The van der Waals surface area contributed by atoms with Crippen LogP contribution < -0.4 is 21.3 Å². The van der Waals surface area contributed by atoms with Crippen molar-refractivity contribution in [1.82, 2.24) is 25.9 Å². The highest BCUT2D eigenvalue weighted by Gasteiger charge is 2.46. The van der Waals surface area contributed by atoms with Crippen molar-refractivity contribution in [3.63, 3.8) is 0 Å². The first-order chi connectivity index (χ1) is 26.0. The largest absolute Gasteiger partial charge is 0.460 e. The zero-order chi connectivity index (χ0) is 38.1. The zero-order valence-corrected chi connectivity index (χ0v) is 31.0. The summed E-state index contributed by atoms with van der Waals surface area (Å²) in [4.78, 5) is 62.7. The molecule has 282 valence electrons. The van der Waals surface area contributed by atoms with Crippen LogP contribution in [-0.2, 0) is 36.7 Å². The number of ether oxygens (including phenoxy) is 2. The van der Waals surface area contributed by atoms with Crippen LogP contribution in [0, 0.1) is 0 Å². The lowest BCUT2D eigenvalue weighted by atomic mass is 9.93. The maximum Gasteiger partial charge on any atom is 0.407 e. The van der Waals surface area contributed by atoms with Crippen molar-refractivity contribution >= 4 is 29.8 Å². The number of nitrogens with zero attached hydrogens (tertiary/aromatic N) is 2. The molecule has 4 N–H and O–H groups in total. The summed E-state index contributed by atoms with van der Waals surface area (Å²) in [6, 6.07) is 24.3. The molecule has 12 nitrogen and oxygen atoms in total. The molecule has 0 saturated heterocycles. The van der Waals surface area contributed by atoms with Gasteiger partial charge in [0, 0.05) is 50.7 Å². The molecule has 1 heterocycles. The predicted molar refractivity (Wildman–Crippen MR) is 205 cm³/mol. The number of rotatable bonds is 15. The number of alkyl carbamates (subject to hydrolysis) is 1. The van der Waals surface area contributed by atoms with Gasteiger partial charge in [-0.2, -0.15) is 0 Å². The van der Waals surface area contributed by atoms with Crippen molar-refractivity contribution in [3.05, 3.63) is 114 Å². The molecule has 3 aromatic carbocycles. The zero-order valence-electron chi connectivity index (χ0n) is 31.0. The third kappa shape index (κ3) is 9.41. The number of fused-ring (bicyclic) bond motifs is 4. The van der Waals surface area contributed by atoms with E-state index in [1.165, 1.54) is 0 Å². The van der Waals surface area contributed by atoms with E-state index in [4.69, 9.17) is 9.47 Å². The Morgan fingerprint density at radius 1 is 0.815 bits per heavy atom. The van der Waals surface area contributed by atoms with Crippen LogP contribution in [0.2, 0.25) is 0 Å². The Balaban J connectivity index is 1.13. The number of unbranched alkanes of at least 4 members (excludes halogenated alkanes) is 1. The molecule has 0 fully saturated rings. The topological polar surface area (TPSA) is 161 Å². The highest BCUT2D eigenvalue weighted by atomic mass is 16.6. The van der Waals surface area contributed by atoms with E-state index in [9.17, 15) is 19.2 Å². The third-order valence-electron chi connectivity index (χ3n) is 9.65. The molecule has 4 aromatic rings. The first kappa shape index (κ1) is 38.0. The maximum atomic E-state index is 14.2. The van der Waals surface area contributed by atoms with Crippen LogP contribution in [0.25, 0.3) is 11.1 Å². The van der Waals surface area contributed by atoms with E-state index >= 15 is 0 Å². The van der Waals surface area contributed by atoms with Crippen LogP contribution in [0.15, 0.2) is 91.3 Å². The molecule has 12 heteroatoms. The van der Waals surface area contributed by atoms with E-state index < -0.39 is 35.2 Å². The van der Waals surface area contributed by atoms with Gasteiger partial charge in [0.05, 0.1) is 0 Å². The van der Waals surface area contributed by atoms with E-state index in [0.717, 1.165) is 39.8 Å². The van der Waals surface area contributed by atoms with E-state index in [0.29, 0.717) is 25.5 Å². The molecule has 2 aliphatic carbocycles. The fourth-order valence-corrected chi connectivity index (χ4v) is 7.16. The second-order valence-corrected chi connectivity index (χ2v) is 14.8. The lowest BCUT2D eigenvalue weighted by Crippen LogP contribution is -2.63. The van der Waals surface area contributed by atoms with Crippen molar-refractivity contribution in [3.8, 4) is 11.1 Å². The Labute approximate surface area is 315 Å². The first-order valence-electron chi connectivity index (χ1n) is 18.5. The molecule has 0 bridgehead atoms. The Kier molecular flexibility index (Phi) is 11.9. The fraction of sp³-hybridized carbons (Fsp3) is 0.381. The van der Waals surface area contributed by atoms with Crippen LogP contribution in [0.1, 0.15) is 74.6 Å². The average Bonchev–Trinajstić information content (AvgIpc) is 3.69. The summed E-state index contributed by atoms with van der Waals surface area (Å²) in [6.45, 7) is 6.36. The van der Waals surface area contributed by atoms with E-state index in [-0.39, 0.29) is 44.1 Å². The third-order valence-corrected chi connectivity index (χ3v) is 9.65. The molecule has 0 saturated carbocycles. The molecule has 3 amide bonds. The summed E-state index contributed by atoms with van der Waals surface area (Å²) >= 11 is 0. The van der Waals surface area contributed by atoms with Crippen molar-refractivity contribution in [1.29, 1.82) is 0 Å². The number of benzene rings is 3. The van der Waals surface area contributed by atoms with Gasteiger partial charge in [-0.25, -0.2) is 14.8 Å². The molecule has 0 unspecified atom stereocenters. The van der Waals surface area contributed by atoms with Gasteiger partial charge in [0.25, 0.3) is 0 Å². The van der Waals surface area contributed by atoms with Crippen molar-refractivity contribution in [2.75, 3.05) is 25.0 Å². The summed E-state index contributed by atoms with van der Waals surface area (Å²) in [5.41, 5.74) is 4.18. The standard InChI is InChI=1S/C42H48N6O6/c1-41(2,3)54-36(49)20-19-35(47-40(52)53-27-34-32-17-8-6-15-30(32)31-16-7-9-18-33(31)34)37(50)48-42(25-28-13-4-5-14-29(28)26-42)38(51)43-21-10-11-22-44-39-45-23-12-24-46-39/h4-9,12-18,23-24,34-35H,10-11,19-22,25-27H2,1-3H3,(H,43,51)(H,47,52)(H,48,50)(H,44,45,46)/t35-/m1/s1. The Morgan fingerprint density at radius 2 is 1.41 bits per heavy atom. The first-order valence-corrected chi connectivity index (χ1v) is 18.5. The van der Waals surface area contributed by atoms with Gasteiger partial charge >= 0.3 is 12.1 Å². The molecular formula is C42H48N6O6. The van der Waals surface area contributed by atoms with Crippen LogP contribution in [0.4, 0.5) is 10.7 Å². The predicted octanol–water partition coefficient (Wildman–Crippen LogP) is 5.47. The van der Waals surface area contributed by atoms with Gasteiger partial charge in [-0.3, -0.25) is 14.4 Å². The second kappa shape index (κ2) is 16.9. The number of esters is 1.